The number of hydrogen-bond acceptors (Lipinski definition) is 4. The van der Waals surface area contributed by atoms with Crippen LogP contribution in [0.5, 0.6) is 0 Å². The minimum atomic E-state index is -4.07. The SMILES string of the molecule is Cc1ccc(S(=O)(=O)N(CC(=O)Nc2ccc(C3(C#N)CC3)cc2)Cc2ccccc2F)cc1. The van der Waals surface area contributed by atoms with Crippen LogP contribution in [-0.2, 0) is 26.8 Å². The summed E-state index contributed by atoms with van der Waals surface area (Å²) in [6, 6.07) is 21.5. The van der Waals surface area contributed by atoms with Gasteiger partial charge in [0.25, 0.3) is 0 Å². The van der Waals surface area contributed by atoms with E-state index in [1.54, 1.807) is 42.5 Å². The van der Waals surface area contributed by atoms with Crippen molar-refractivity contribution in [3.63, 3.8) is 0 Å². The average molecular weight is 478 g/mol. The fourth-order valence-corrected chi connectivity index (χ4v) is 5.10. The van der Waals surface area contributed by atoms with Crippen molar-refractivity contribution in [2.24, 2.45) is 0 Å². The van der Waals surface area contributed by atoms with Crippen LogP contribution in [0.4, 0.5) is 10.1 Å². The summed E-state index contributed by atoms with van der Waals surface area (Å²) in [6.45, 7) is 1.06. The predicted octanol–water partition coefficient (Wildman–Crippen LogP) is 4.52. The van der Waals surface area contributed by atoms with E-state index in [2.05, 4.69) is 11.4 Å². The Balaban J connectivity index is 1.55. The molecule has 0 spiro atoms. The zero-order valence-corrected chi connectivity index (χ0v) is 19.5. The quantitative estimate of drug-likeness (QED) is 0.517. The van der Waals surface area contributed by atoms with Gasteiger partial charge in [-0.2, -0.15) is 9.57 Å². The molecule has 4 rings (SSSR count). The molecule has 0 saturated heterocycles. The molecule has 0 heterocycles. The van der Waals surface area contributed by atoms with Crippen molar-refractivity contribution in [3.8, 4) is 6.07 Å². The number of nitrogens with one attached hydrogen (secondary N) is 1. The van der Waals surface area contributed by atoms with E-state index in [-0.39, 0.29) is 17.0 Å². The second-order valence-electron chi connectivity index (χ2n) is 8.50. The fraction of sp³-hybridized carbons (Fsp3) is 0.231. The molecule has 8 heteroatoms. The van der Waals surface area contributed by atoms with Crippen LogP contribution < -0.4 is 5.32 Å². The predicted molar refractivity (Wildman–Crippen MR) is 127 cm³/mol. The van der Waals surface area contributed by atoms with Crippen LogP contribution in [-0.4, -0.2) is 25.2 Å². The molecule has 34 heavy (non-hydrogen) atoms. The number of nitrogens with zero attached hydrogens (tertiary/aromatic N) is 2. The first-order valence-corrected chi connectivity index (χ1v) is 12.3. The molecule has 0 aliphatic heterocycles. The fourth-order valence-electron chi connectivity index (χ4n) is 3.73. The molecular weight excluding hydrogens is 453 g/mol. The summed E-state index contributed by atoms with van der Waals surface area (Å²) in [5.41, 5.74) is 2.02. The van der Waals surface area contributed by atoms with Crippen LogP contribution in [0.3, 0.4) is 0 Å². The highest BCUT2D eigenvalue weighted by molar-refractivity contribution is 7.89. The van der Waals surface area contributed by atoms with Crippen molar-refractivity contribution in [3.05, 3.63) is 95.3 Å². The molecule has 1 aliphatic carbocycles. The monoisotopic (exact) mass is 477 g/mol. The minimum absolute atomic E-state index is 0.0258. The number of carbonyl (C=O) groups is 1. The van der Waals surface area contributed by atoms with Gasteiger partial charge in [-0.25, -0.2) is 12.8 Å². The highest BCUT2D eigenvalue weighted by Crippen LogP contribution is 2.47. The standard InChI is InChI=1S/C26H24FN3O3S/c1-19-6-12-23(13-7-19)34(32,33)30(16-20-4-2-3-5-24(20)27)17-25(31)29-22-10-8-21(9-11-22)26(18-28)14-15-26/h2-13H,14-17H2,1H3,(H,29,31). The van der Waals surface area contributed by atoms with Gasteiger partial charge in [-0.1, -0.05) is 48.0 Å². The molecule has 1 saturated carbocycles. The highest BCUT2D eigenvalue weighted by atomic mass is 32.2. The summed E-state index contributed by atoms with van der Waals surface area (Å²) < 4.78 is 41.9. The number of aryl methyl sites for hydroxylation is 1. The molecule has 1 N–H and O–H groups in total. The summed E-state index contributed by atoms with van der Waals surface area (Å²) in [5, 5.41) is 12.0. The van der Waals surface area contributed by atoms with Gasteiger partial charge in [0.05, 0.1) is 22.9 Å². The second kappa shape index (κ2) is 9.37. The van der Waals surface area contributed by atoms with Gasteiger partial charge < -0.3 is 5.32 Å². The average Bonchev–Trinajstić information content (AvgIpc) is 3.62. The third-order valence-electron chi connectivity index (χ3n) is 5.97. The van der Waals surface area contributed by atoms with Gasteiger partial charge >= 0.3 is 0 Å². The van der Waals surface area contributed by atoms with Crippen molar-refractivity contribution in [1.82, 2.24) is 4.31 Å². The molecule has 0 radical (unpaired) electrons. The maximum absolute atomic E-state index is 14.3. The van der Waals surface area contributed by atoms with Crippen LogP contribution >= 0.6 is 0 Å². The largest absolute Gasteiger partial charge is 0.325 e. The van der Waals surface area contributed by atoms with Crippen LogP contribution in [0, 0.1) is 24.1 Å². The number of sulfonamides is 1. The second-order valence-corrected chi connectivity index (χ2v) is 10.4. The van der Waals surface area contributed by atoms with Gasteiger partial charge in [0.2, 0.25) is 15.9 Å². The highest BCUT2D eigenvalue weighted by Gasteiger charge is 2.44. The van der Waals surface area contributed by atoms with E-state index in [4.69, 9.17) is 0 Å². The molecule has 3 aromatic rings. The van der Waals surface area contributed by atoms with Crippen LogP contribution in [0.25, 0.3) is 0 Å². The number of amides is 1. The van der Waals surface area contributed by atoms with E-state index in [1.165, 1.54) is 30.3 Å². The van der Waals surface area contributed by atoms with E-state index in [1.807, 2.05) is 6.92 Å². The summed E-state index contributed by atoms with van der Waals surface area (Å²) in [6.07, 6.45) is 1.63. The van der Waals surface area contributed by atoms with Crippen molar-refractivity contribution in [2.75, 3.05) is 11.9 Å². The molecule has 3 aromatic carbocycles. The lowest BCUT2D eigenvalue weighted by Gasteiger charge is -2.22. The Labute approximate surface area is 198 Å². The number of hydrogen-bond donors (Lipinski definition) is 1. The Morgan fingerprint density at radius 3 is 2.29 bits per heavy atom. The maximum Gasteiger partial charge on any atom is 0.243 e. The molecule has 0 bridgehead atoms. The summed E-state index contributed by atoms with van der Waals surface area (Å²) in [5.74, 6) is -1.10. The summed E-state index contributed by atoms with van der Waals surface area (Å²) in [7, 11) is -4.07. The van der Waals surface area contributed by atoms with E-state index in [0.29, 0.717) is 5.69 Å². The van der Waals surface area contributed by atoms with Gasteiger partial charge in [-0.15, -0.1) is 0 Å². The Bertz CT molecular complexity index is 1340. The first kappa shape index (κ1) is 23.6. The first-order valence-electron chi connectivity index (χ1n) is 10.9. The number of nitriles is 1. The third kappa shape index (κ3) is 5.01. The zero-order chi connectivity index (χ0) is 24.3. The molecular formula is C26H24FN3O3S. The van der Waals surface area contributed by atoms with Crippen molar-refractivity contribution >= 4 is 21.6 Å². The maximum atomic E-state index is 14.3. The third-order valence-corrected chi connectivity index (χ3v) is 7.77. The van der Waals surface area contributed by atoms with Crippen molar-refractivity contribution in [1.29, 1.82) is 5.26 Å². The molecule has 1 aliphatic rings. The molecule has 0 aromatic heterocycles. The Hall–Kier alpha value is -3.54. The van der Waals surface area contributed by atoms with Gasteiger partial charge in [-0.05, 0) is 55.7 Å². The number of carbonyl (C=O) groups excluding carboxylic acids is 1. The molecule has 6 nitrogen and oxygen atoms in total. The first-order chi connectivity index (χ1) is 16.2. The lowest BCUT2D eigenvalue weighted by atomic mass is 9.98. The number of benzene rings is 3. The van der Waals surface area contributed by atoms with Gasteiger partial charge in [0.15, 0.2) is 0 Å². The summed E-state index contributed by atoms with van der Waals surface area (Å²) >= 11 is 0. The topological polar surface area (TPSA) is 90.3 Å². The number of anilines is 1. The van der Waals surface area contributed by atoms with Crippen LogP contribution in [0.1, 0.15) is 29.5 Å². The minimum Gasteiger partial charge on any atom is -0.325 e. The zero-order valence-electron chi connectivity index (χ0n) is 18.7. The Morgan fingerprint density at radius 2 is 1.71 bits per heavy atom. The van der Waals surface area contributed by atoms with Gasteiger partial charge in [-0.3, -0.25) is 4.79 Å². The van der Waals surface area contributed by atoms with Crippen molar-refractivity contribution < 1.29 is 17.6 Å². The molecule has 0 unspecified atom stereocenters. The van der Waals surface area contributed by atoms with Crippen molar-refractivity contribution in [2.45, 2.75) is 36.6 Å². The molecule has 1 fully saturated rings. The molecule has 174 valence electrons. The Kier molecular flexibility index (Phi) is 6.51. The molecule has 1 amide bonds. The molecule has 0 atom stereocenters. The van der Waals surface area contributed by atoms with Gasteiger partial charge in [0.1, 0.15) is 5.82 Å². The van der Waals surface area contributed by atoms with E-state index >= 15 is 0 Å². The van der Waals surface area contributed by atoms with E-state index in [9.17, 15) is 22.9 Å². The Morgan fingerprint density at radius 1 is 1.06 bits per heavy atom. The van der Waals surface area contributed by atoms with Crippen LogP contribution in [0.2, 0.25) is 0 Å². The lowest BCUT2D eigenvalue weighted by molar-refractivity contribution is -0.116. The number of rotatable bonds is 8. The van der Waals surface area contributed by atoms with E-state index in [0.717, 1.165) is 28.3 Å². The number of halogens is 1. The smallest absolute Gasteiger partial charge is 0.243 e. The van der Waals surface area contributed by atoms with Gasteiger partial charge in [0, 0.05) is 17.8 Å². The van der Waals surface area contributed by atoms with Crippen LogP contribution in [0.15, 0.2) is 77.7 Å². The van der Waals surface area contributed by atoms with E-state index < -0.39 is 33.7 Å². The normalized spacial score (nSPS) is 14.4. The summed E-state index contributed by atoms with van der Waals surface area (Å²) in [4.78, 5) is 12.8. The lowest BCUT2D eigenvalue weighted by Crippen LogP contribution is -2.37.